The molecule has 0 aliphatic carbocycles. The predicted octanol–water partition coefficient (Wildman–Crippen LogP) is 1.33. The lowest BCUT2D eigenvalue weighted by Gasteiger charge is -2.33. The third-order valence-electron chi connectivity index (χ3n) is 3.71. The molecule has 20 heavy (non-hydrogen) atoms. The number of hydrogen-bond donors (Lipinski definition) is 1. The first-order valence-electron chi connectivity index (χ1n) is 6.85. The van der Waals surface area contributed by atoms with Crippen LogP contribution in [0.5, 0.6) is 0 Å². The van der Waals surface area contributed by atoms with E-state index in [1.165, 1.54) is 6.07 Å². The Bertz CT molecular complexity index is 560. The Balaban J connectivity index is 2.28. The third-order valence-corrected chi connectivity index (χ3v) is 5.42. The number of halogens is 1. The maximum atomic E-state index is 14.0. The predicted molar refractivity (Wildman–Crippen MR) is 77.6 cm³/mol. The van der Waals surface area contributed by atoms with Gasteiger partial charge < -0.3 is 5.73 Å². The van der Waals surface area contributed by atoms with Crippen LogP contribution in [0.2, 0.25) is 0 Å². The summed E-state index contributed by atoms with van der Waals surface area (Å²) in [7, 11) is -2.98. The number of benzene rings is 1. The van der Waals surface area contributed by atoms with Gasteiger partial charge in [0.1, 0.15) is 5.82 Å². The molecule has 2 unspecified atom stereocenters. The second-order valence-corrected chi connectivity index (χ2v) is 7.67. The molecule has 2 N–H and O–H groups in total. The van der Waals surface area contributed by atoms with E-state index in [2.05, 4.69) is 0 Å². The molecule has 0 radical (unpaired) electrons. The van der Waals surface area contributed by atoms with Crippen LogP contribution in [-0.4, -0.2) is 44.0 Å². The Morgan fingerprint density at radius 1 is 1.25 bits per heavy atom. The normalized spacial score (nSPS) is 22.9. The van der Waals surface area contributed by atoms with Crippen molar-refractivity contribution in [3.63, 3.8) is 0 Å². The fourth-order valence-electron chi connectivity index (χ4n) is 2.76. The van der Waals surface area contributed by atoms with Gasteiger partial charge in [-0.2, -0.15) is 0 Å². The van der Waals surface area contributed by atoms with Crippen LogP contribution in [0, 0.1) is 5.82 Å². The van der Waals surface area contributed by atoms with Crippen molar-refractivity contribution in [2.24, 2.45) is 5.73 Å². The molecule has 0 saturated carbocycles. The molecule has 1 aromatic carbocycles. The fraction of sp³-hybridized carbons (Fsp3) is 0.571. The number of sulfone groups is 1. The first kappa shape index (κ1) is 15.4. The molecule has 1 fully saturated rings. The van der Waals surface area contributed by atoms with Gasteiger partial charge in [-0.1, -0.05) is 18.2 Å². The lowest BCUT2D eigenvalue weighted by atomic mass is 9.98. The van der Waals surface area contributed by atoms with E-state index in [0.29, 0.717) is 25.1 Å². The summed E-state index contributed by atoms with van der Waals surface area (Å²) in [5, 5.41) is 0. The third kappa shape index (κ3) is 3.56. The summed E-state index contributed by atoms with van der Waals surface area (Å²) in [5.74, 6) is 0.0267. The summed E-state index contributed by atoms with van der Waals surface area (Å²) in [6, 6.07) is 6.01. The molecule has 6 heteroatoms. The van der Waals surface area contributed by atoms with Crippen LogP contribution in [0.25, 0.3) is 0 Å². The highest BCUT2D eigenvalue weighted by atomic mass is 32.2. The lowest BCUT2D eigenvalue weighted by Crippen LogP contribution is -2.41. The summed E-state index contributed by atoms with van der Waals surface area (Å²) in [5.41, 5.74) is 6.57. The van der Waals surface area contributed by atoms with Crippen LogP contribution in [0.15, 0.2) is 24.3 Å². The van der Waals surface area contributed by atoms with Crippen molar-refractivity contribution in [2.45, 2.75) is 25.4 Å². The molecule has 0 spiro atoms. The van der Waals surface area contributed by atoms with E-state index >= 15 is 0 Å². The van der Waals surface area contributed by atoms with Gasteiger partial charge in [0, 0.05) is 18.2 Å². The van der Waals surface area contributed by atoms with Gasteiger partial charge in [0.15, 0.2) is 9.84 Å². The molecule has 1 aromatic rings. The Labute approximate surface area is 119 Å². The SMILES string of the molecule is CC(N)C(c1ccccc1F)N1CCCS(=O)(=O)CC1. The highest BCUT2D eigenvalue weighted by molar-refractivity contribution is 7.91. The molecule has 1 heterocycles. The Morgan fingerprint density at radius 3 is 2.60 bits per heavy atom. The van der Waals surface area contributed by atoms with Crippen LogP contribution in [0.3, 0.4) is 0 Å². The average molecular weight is 300 g/mol. The topological polar surface area (TPSA) is 63.4 Å². The van der Waals surface area contributed by atoms with Gasteiger partial charge in [-0.05, 0) is 26.0 Å². The van der Waals surface area contributed by atoms with Crippen molar-refractivity contribution < 1.29 is 12.8 Å². The van der Waals surface area contributed by atoms with Crippen molar-refractivity contribution in [3.8, 4) is 0 Å². The second kappa shape index (κ2) is 6.20. The summed E-state index contributed by atoms with van der Waals surface area (Å²) >= 11 is 0. The molecule has 1 aliphatic heterocycles. The maximum absolute atomic E-state index is 14.0. The minimum absolute atomic E-state index is 0.116. The van der Waals surface area contributed by atoms with Crippen molar-refractivity contribution in [1.29, 1.82) is 0 Å². The second-order valence-electron chi connectivity index (χ2n) is 5.37. The van der Waals surface area contributed by atoms with Gasteiger partial charge in [0.25, 0.3) is 0 Å². The average Bonchev–Trinajstić information content (AvgIpc) is 2.53. The molecular formula is C14H21FN2O2S. The standard InChI is InChI=1S/C14H21FN2O2S/c1-11(16)14(12-5-2-3-6-13(12)15)17-7-4-9-20(18,19)10-8-17/h2-3,5-6,11,14H,4,7-10,16H2,1H3. The molecule has 0 bridgehead atoms. The van der Waals surface area contributed by atoms with Crippen molar-refractivity contribution >= 4 is 9.84 Å². The van der Waals surface area contributed by atoms with E-state index in [4.69, 9.17) is 5.73 Å². The summed E-state index contributed by atoms with van der Waals surface area (Å²) < 4.78 is 37.4. The lowest BCUT2D eigenvalue weighted by molar-refractivity contribution is 0.186. The highest BCUT2D eigenvalue weighted by Gasteiger charge is 2.29. The van der Waals surface area contributed by atoms with Crippen molar-refractivity contribution in [3.05, 3.63) is 35.6 Å². The quantitative estimate of drug-likeness (QED) is 0.915. The number of hydrogen-bond acceptors (Lipinski definition) is 4. The van der Waals surface area contributed by atoms with Gasteiger partial charge in [0.2, 0.25) is 0 Å². The minimum Gasteiger partial charge on any atom is -0.326 e. The molecular weight excluding hydrogens is 279 g/mol. The Hall–Kier alpha value is -0.980. The van der Waals surface area contributed by atoms with Crippen LogP contribution >= 0.6 is 0 Å². The van der Waals surface area contributed by atoms with Crippen molar-refractivity contribution in [2.75, 3.05) is 24.6 Å². The van der Waals surface area contributed by atoms with Gasteiger partial charge in [-0.3, -0.25) is 4.90 Å². The molecule has 2 atom stereocenters. The van der Waals surface area contributed by atoms with Crippen LogP contribution in [0.1, 0.15) is 24.9 Å². The molecule has 112 valence electrons. The molecule has 0 amide bonds. The van der Waals surface area contributed by atoms with E-state index in [1.54, 1.807) is 18.2 Å². The van der Waals surface area contributed by atoms with Crippen molar-refractivity contribution in [1.82, 2.24) is 4.90 Å². The molecule has 2 rings (SSSR count). The van der Waals surface area contributed by atoms with E-state index in [1.807, 2.05) is 11.8 Å². The number of rotatable bonds is 3. The van der Waals surface area contributed by atoms with E-state index < -0.39 is 9.84 Å². The molecule has 0 aromatic heterocycles. The first-order chi connectivity index (χ1) is 9.41. The monoisotopic (exact) mass is 300 g/mol. The largest absolute Gasteiger partial charge is 0.326 e. The molecule has 1 saturated heterocycles. The maximum Gasteiger partial charge on any atom is 0.151 e. The Morgan fingerprint density at radius 2 is 1.95 bits per heavy atom. The van der Waals surface area contributed by atoms with E-state index in [-0.39, 0.29) is 29.4 Å². The fourth-order valence-corrected chi connectivity index (χ4v) is 4.05. The summed E-state index contributed by atoms with van der Waals surface area (Å²) in [6.45, 7) is 2.86. The molecule has 4 nitrogen and oxygen atoms in total. The first-order valence-corrected chi connectivity index (χ1v) is 8.67. The highest BCUT2D eigenvalue weighted by Crippen LogP contribution is 2.27. The van der Waals surface area contributed by atoms with Crippen LogP contribution < -0.4 is 5.73 Å². The van der Waals surface area contributed by atoms with Crippen LogP contribution in [-0.2, 0) is 9.84 Å². The van der Waals surface area contributed by atoms with Crippen LogP contribution in [0.4, 0.5) is 4.39 Å². The summed E-state index contributed by atoms with van der Waals surface area (Å²) in [4.78, 5) is 1.99. The molecule has 1 aliphatic rings. The van der Waals surface area contributed by atoms with E-state index in [9.17, 15) is 12.8 Å². The van der Waals surface area contributed by atoms with Gasteiger partial charge in [-0.25, -0.2) is 12.8 Å². The smallest absolute Gasteiger partial charge is 0.151 e. The number of nitrogens with two attached hydrogens (primary N) is 1. The zero-order valence-electron chi connectivity index (χ0n) is 11.6. The zero-order chi connectivity index (χ0) is 14.8. The Kier molecular flexibility index (Phi) is 4.78. The number of nitrogens with zero attached hydrogens (tertiary/aromatic N) is 1. The minimum atomic E-state index is -2.98. The van der Waals surface area contributed by atoms with Gasteiger partial charge in [0.05, 0.1) is 17.5 Å². The summed E-state index contributed by atoms with van der Waals surface area (Å²) in [6.07, 6.45) is 0.569. The van der Waals surface area contributed by atoms with Gasteiger partial charge in [-0.15, -0.1) is 0 Å². The zero-order valence-corrected chi connectivity index (χ0v) is 12.4. The van der Waals surface area contributed by atoms with Gasteiger partial charge >= 0.3 is 0 Å². The van der Waals surface area contributed by atoms with E-state index in [0.717, 1.165) is 0 Å².